The molecule has 8 N–H and O–H groups in total. The summed E-state index contributed by atoms with van der Waals surface area (Å²) in [5, 5.41) is 28.0. The van der Waals surface area contributed by atoms with Crippen LogP contribution in [0, 0.1) is 36.5 Å². The molecule has 2 rings (SSSR count). The van der Waals surface area contributed by atoms with Crippen LogP contribution in [0.15, 0.2) is 39.0 Å². The lowest BCUT2D eigenvalue weighted by Crippen LogP contribution is -2.24. The van der Waals surface area contributed by atoms with Crippen LogP contribution in [0.3, 0.4) is 0 Å². The number of aryl methyl sites for hydroxylation is 2. The van der Waals surface area contributed by atoms with E-state index in [1.54, 1.807) is 12.1 Å². The number of nitrogens with zero attached hydrogens (tertiary/aromatic N) is 3. The molecular formula is C20H21N7O7S2. The van der Waals surface area contributed by atoms with Crippen molar-refractivity contribution < 1.29 is 31.2 Å². The highest BCUT2D eigenvalue weighted by Crippen LogP contribution is 2.24. The van der Waals surface area contributed by atoms with Crippen LogP contribution < -0.4 is 21.7 Å². The summed E-state index contributed by atoms with van der Waals surface area (Å²) < 4.78 is 50.1. The summed E-state index contributed by atoms with van der Waals surface area (Å²) in [4.78, 5) is 25.6. The molecule has 2 aromatic carbocycles. The maximum atomic E-state index is 11.7. The zero-order chi connectivity index (χ0) is 28.0. The van der Waals surface area contributed by atoms with Gasteiger partial charge in [0.2, 0.25) is 20.0 Å². The van der Waals surface area contributed by atoms with Crippen LogP contribution in [-0.4, -0.2) is 41.8 Å². The number of carbonyl (C=O) groups is 2. The van der Waals surface area contributed by atoms with Gasteiger partial charge in [-0.25, -0.2) is 31.9 Å². The molecule has 0 unspecified atom stereocenters. The van der Waals surface area contributed by atoms with Crippen LogP contribution in [0.1, 0.15) is 43.0 Å². The minimum absolute atomic E-state index is 0.121. The predicted molar refractivity (Wildman–Crippen MR) is 126 cm³/mol. The Morgan fingerprint density at radius 3 is 1.56 bits per heavy atom. The topological polar surface area (TPSA) is 276 Å². The smallest absolute Gasteiger partial charge is 0.339 e. The first-order valence-electron chi connectivity index (χ1n) is 9.36. The number of rotatable bonds is 4. The van der Waals surface area contributed by atoms with Crippen molar-refractivity contribution in [2.75, 3.05) is 7.11 Å². The number of methoxy groups -OCH3 is 1. The molecular weight excluding hydrogens is 514 g/mol. The quantitative estimate of drug-likeness (QED) is 0.214. The first kappa shape index (κ1) is 29.7. The van der Waals surface area contributed by atoms with Gasteiger partial charge in [-0.2, -0.15) is 15.5 Å². The third-order valence-corrected chi connectivity index (χ3v) is 6.56. The number of amides is 1. The third kappa shape index (κ3) is 6.84. The Kier molecular flexibility index (Phi) is 9.39. The highest BCUT2D eigenvalue weighted by atomic mass is 32.2. The van der Waals surface area contributed by atoms with Gasteiger partial charge in [0.15, 0.2) is 5.96 Å². The average molecular weight is 536 g/mol. The van der Waals surface area contributed by atoms with Gasteiger partial charge in [0.1, 0.15) is 21.9 Å². The highest BCUT2D eigenvalue weighted by Gasteiger charge is 2.24. The first-order chi connectivity index (χ1) is 16.5. The number of guanidine groups is 1. The monoisotopic (exact) mass is 535 g/mol. The van der Waals surface area contributed by atoms with E-state index in [0.717, 1.165) is 7.11 Å². The SMILES string of the molecule is COC(=O)c1ccc(C)c(S(N)(=O)=O)c1C#N.Cc1ccc(C(=O)N=C(N)N)c(C#N)c1S(N)(=O)=O. The van der Waals surface area contributed by atoms with Crippen molar-refractivity contribution >= 4 is 37.9 Å². The summed E-state index contributed by atoms with van der Waals surface area (Å²) in [5.41, 5.74) is 9.65. The van der Waals surface area contributed by atoms with E-state index in [9.17, 15) is 26.4 Å². The van der Waals surface area contributed by atoms with Crippen LogP contribution in [0.4, 0.5) is 0 Å². The molecule has 0 heterocycles. The molecule has 36 heavy (non-hydrogen) atoms. The van der Waals surface area contributed by atoms with Crippen molar-refractivity contribution in [1.29, 1.82) is 10.5 Å². The molecule has 2 aromatic rings. The fourth-order valence-corrected chi connectivity index (χ4v) is 4.88. The molecule has 0 aliphatic rings. The largest absolute Gasteiger partial charge is 0.465 e. The van der Waals surface area contributed by atoms with Gasteiger partial charge < -0.3 is 16.2 Å². The first-order valence-corrected chi connectivity index (χ1v) is 12.5. The van der Waals surface area contributed by atoms with E-state index in [1.807, 2.05) is 0 Å². The molecule has 0 aromatic heterocycles. The minimum atomic E-state index is -4.15. The third-order valence-electron chi connectivity index (χ3n) is 4.37. The molecule has 0 radical (unpaired) electrons. The van der Waals surface area contributed by atoms with E-state index in [2.05, 4.69) is 9.73 Å². The summed E-state index contributed by atoms with van der Waals surface area (Å²) in [6.45, 7) is 2.94. The van der Waals surface area contributed by atoms with Gasteiger partial charge in [0.25, 0.3) is 5.91 Å². The molecule has 0 aliphatic carbocycles. The van der Waals surface area contributed by atoms with Crippen LogP contribution in [0.2, 0.25) is 0 Å². The number of ether oxygens (including phenoxy) is 1. The van der Waals surface area contributed by atoms with E-state index >= 15 is 0 Å². The number of esters is 1. The normalized spacial score (nSPS) is 10.6. The lowest BCUT2D eigenvalue weighted by atomic mass is 10.0. The molecule has 14 nitrogen and oxygen atoms in total. The van der Waals surface area contributed by atoms with E-state index in [4.69, 9.17) is 32.3 Å². The lowest BCUT2D eigenvalue weighted by Gasteiger charge is -2.09. The maximum absolute atomic E-state index is 11.7. The number of nitriles is 2. The van der Waals surface area contributed by atoms with Crippen LogP contribution in [-0.2, 0) is 24.8 Å². The average Bonchev–Trinajstić information content (AvgIpc) is 2.75. The Bertz CT molecular complexity index is 1560. The fraction of sp³-hybridized carbons (Fsp3) is 0.150. The molecule has 0 aliphatic heterocycles. The number of hydrogen-bond acceptors (Lipinski definition) is 9. The highest BCUT2D eigenvalue weighted by molar-refractivity contribution is 7.89. The Labute approximate surface area is 206 Å². The second-order valence-corrected chi connectivity index (χ2v) is 9.91. The Hall–Kier alpha value is -4.35. The summed E-state index contributed by atoms with van der Waals surface area (Å²) >= 11 is 0. The summed E-state index contributed by atoms with van der Waals surface area (Å²) in [5.74, 6) is -2.19. The number of carbonyl (C=O) groups excluding carboxylic acids is 2. The van der Waals surface area contributed by atoms with Crippen LogP contribution in [0.5, 0.6) is 0 Å². The van der Waals surface area contributed by atoms with Crippen molar-refractivity contribution in [3.8, 4) is 12.1 Å². The fourth-order valence-electron chi connectivity index (χ4n) is 2.96. The molecule has 0 saturated heterocycles. The predicted octanol–water partition coefficient (Wildman–Crippen LogP) is -0.772. The number of nitrogens with two attached hydrogens (primary N) is 4. The van der Waals surface area contributed by atoms with Crippen molar-refractivity contribution in [3.05, 3.63) is 57.6 Å². The van der Waals surface area contributed by atoms with Crippen LogP contribution >= 0.6 is 0 Å². The zero-order valence-corrected chi connectivity index (χ0v) is 20.8. The number of benzene rings is 2. The molecule has 16 heteroatoms. The summed E-state index contributed by atoms with van der Waals surface area (Å²) in [7, 11) is -7.08. The summed E-state index contributed by atoms with van der Waals surface area (Å²) in [6, 6.07) is 8.63. The van der Waals surface area contributed by atoms with Gasteiger partial charge in [-0.1, -0.05) is 12.1 Å². The maximum Gasteiger partial charge on any atom is 0.339 e. The van der Waals surface area contributed by atoms with Gasteiger partial charge in [0, 0.05) is 0 Å². The number of hydrogen-bond donors (Lipinski definition) is 4. The van der Waals surface area contributed by atoms with E-state index in [1.165, 1.54) is 38.1 Å². The van der Waals surface area contributed by atoms with Crippen molar-refractivity contribution in [1.82, 2.24) is 0 Å². The van der Waals surface area contributed by atoms with Crippen LogP contribution in [0.25, 0.3) is 0 Å². The molecule has 0 saturated carbocycles. The Balaban J connectivity index is 0.000000362. The van der Waals surface area contributed by atoms with Gasteiger partial charge in [-0.05, 0) is 37.1 Å². The molecule has 190 valence electrons. The second kappa shape index (κ2) is 11.4. The van der Waals surface area contributed by atoms with Gasteiger partial charge in [0.05, 0.1) is 29.4 Å². The van der Waals surface area contributed by atoms with E-state index in [0.29, 0.717) is 5.56 Å². The zero-order valence-electron chi connectivity index (χ0n) is 19.1. The standard InChI is InChI=1S/C10H11N5O3S.C10H10N2O4S/c1-5-2-3-6(9(16)15-10(12)13)7(4-11)8(5)19(14,17)18;1-6-3-4-7(10(13)16-2)8(5-11)9(6)17(12,14)15/h2-3H,1H3,(H2,14,17,18)(H4,12,13,15,16);3-4H,1-2H3,(H2,12,14,15). The summed E-state index contributed by atoms with van der Waals surface area (Å²) in [6.07, 6.45) is 0. The van der Waals surface area contributed by atoms with Crippen molar-refractivity contribution in [2.45, 2.75) is 23.6 Å². The van der Waals surface area contributed by atoms with E-state index in [-0.39, 0.29) is 32.7 Å². The van der Waals surface area contributed by atoms with Crippen molar-refractivity contribution in [3.63, 3.8) is 0 Å². The number of primary sulfonamides is 2. The van der Waals surface area contributed by atoms with Gasteiger partial charge >= 0.3 is 5.97 Å². The second-order valence-electron chi connectivity index (χ2n) is 6.92. The van der Waals surface area contributed by atoms with Gasteiger partial charge in [-0.15, -0.1) is 0 Å². The molecule has 0 atom stereocenters. The number of sulfonamides is 2. The van der Waals surface area contributed by atoms with Crippen molar-refractivity contribution in [2.24, 2.45) is 26.7 Å². The Morgan fingerprint density at radius 1 is 0.833 bits per heavy atom. The molecule has 0 fully saturated rings. The van der Waals surface area contributed by atoms with Gasteiger partial charge in [-0.3, -0.25) is 4.79 Å². The Morgan fingerprint density at radius 2 is 1.22 bits per heavy atom. The lowest BCUT2D eigenvalue weighted by molar-refractivity contribution is 0.0600. The molecule has 0 spiro atoms. The minimum Gasteiger partial charge on any atom is -0.465 e. The molecule has 0 bridgehead atoms. The van der Waals surface area contributed by atoms with E-state index < -0.39 is 42.8 Å². The molecule has 1 amide bonds. The number of aliphatic imine (C=N–C) groups is 1.